The molecule has 4 nitrogen and oxygen atoms in total. The van der Waals surface area contributed by atoms with Gasteiger partial charge < -0.3 is 9.13 Å². The zero-order valence-corrected chi connectivity index (χ0v) is 22.6. The third-order valence-electron chi connectivity index (χ3n) is 7.22. The number of nitrogens with zero attached hydrogens (tertiary/aromatic N) is 4. The van der Waals surface area contributed by atoms with Crippen LogP contribution in [0, 0.1) is 5.92 Å². The summed E-state index contributed by atoms with van der Waals surface area (Å²) in [5.74, 6) is 0.790. The second-order valence-electron chi connectivity index (χ2n) is 9.95. The first-order chi connectivity index (χ1) is 16.8. The maximum absolute atomic E-state index is 4.60. The van der Waals surface area contributed by atoms with Gasteiger partial charge in [-0.1, -0.05) is 77.6 Å². The van der Waals surface area contributed by atoms with Crippen LogP contribution in [0.3, 0.4) is 0 Å². The Hall–Kier alpha value is -1.66. The number of hydrogen-bond donors (Lipinski definition) is 0. The highest BCUT2D eigenvalue weighted by Gasteiger charge is 2.12. The van der Waals surface area contributed by atoms with E-state index in [-0.39, 0.29) is 0 Å². The molecule has 0 amide bonds. The predicted octanol–water partition coefficient (Wildman–Crippen LogP) is 9.31. The van der Waals surface area contributed by atoms with E-state index in [0.717, 1.165) is 24.5 Å². The van der Waals surface area contributed by atoms with E-state index < -0.39 is 0 Å². The van der Waals surface area contributed by atoms with Gasteiger partial charge in [0.25, 0.3) is 0 Å². The second-order valence-corrected chi connectivity index (χ2v) is 11.4. The average molecular weight is 499 g/mol. The van der Waals surface area contributed by atoms with Crippen LogP contribution in [0.4, 0.5) is 0 Å². The smallest absolute Gasteiger partial charge is 0.0991 e. The van der Waals surface area contributed by atoms with E-state index in [2.05, 4.69) is 53.9 Å². The van der Waals surface area contributed by atoms with Gasteiger partial charge in [0, 0.05) is 34.6 Å². The van der Waals surface area contributed by atoms with Gasteiger partial charge in [0.15, 0.2) is 0 Å². The molecule has 4 rings (SSSR count). The summed E-state index contributed by atoms with van der Waals surface area (Å²) in [6, 6.07) is 0. The first-order valence-electron chi connectivity index (χ1n) is 13.6. The van der Waals surface area contributed by atoms with Gasteiger partial charge in [-0.3, -0.25) is 0 Å². The van der Waals surface area contributed by atoms with Gasteiger partial charge in [-0.2, -0.15) is 0 Å². The van der Waals surface area contributed by atoms with Crippen molar-refractivity contribution in [2.45, 2.75) is 110 Å². The van der Waals surface area contributed by atoms with Gasteiger partial charge in [-0.05, 0) is 25.2 Å². The number of aromatic nitrogens is 4. The third-order valence-corrected chi connectivity index (χ3v) is 8.65. The van der Waals surface area contributed by atoms with Crippen molar-refractivity contribution in [2.24, 2.45) is 5.92 Å². The number of hydrogen-bond acceptors (Lipinski definition) is 4. The Morgan fingerprint density at radius 3 is 1.82 bits per heavy atom. The molecule has 0 spiro atoms. The molecule has 0 aliphatic carbocycles. The Balaban J connectivity index is 1.12. The SMILES string of the molecule is CCCCCCCCC(CCCCCCCCn1cnc2cscc21)Cn1cnc2cscc21. The van der Waals surface area contributed by atoms with Crippen molar-refractivity contribution < 1.29 is 0 Å². The van der Waals surface area contributed by atoms with E-state index in [0.29, 0.717) is 0 Å². The summed E-state index contributed by atoms with van der Waals surface area (Å²) in [4.78, 5) is 9.08. The molecular weight excluding hydrogens is 456 g/mol. The fourth-order valence-corrected chi connectivity index (χ4v) is 6.67. The van der Waals surface area contributed by atoms with Gasteiger partial charge in [-0.15, -0.1) is 22.7 Å². The van der Waals surface area contributed by atoms with Crippen LogP contribution in [-0.4, -0.2) is 19.1 Å². The van der Waals surface area contributed by atoms with E-state index in [1.54, 1.807) is 22.7 Å². The fraction of sp³-hybridized carbons (Fsp3) is 0.643. The normalized spacial score (nSPS) is 12.9. The number of imidazole rings is 2. The van der Waals surface area contributed by atoms with Crippen LogP contribution in [0.1, 0.15) is 96.8 Å². The zero-order valence-electron chi connectivity index (χ0n) is 21.0. The molecule has 0 saturated heterocycles. The van der Waals surface area contributed by atoms with Gasteiger partial charge in [0.1, 0.15) is 0 Å². The highest BCUT2D eigenvalue weighted by atomic mass is 32.1. The molecule has 0 aromatic carbocycles. The largest absolute Gasteiger partial charge is 0.330 e. The van der Waals surface area contributed by atoms with Gasteiger partial charge in [0.05, 0.1) is 34.7 Å². The summed E-state index contributed by atoms with van der Waals surface area (Å²) in [7, 11) is 0. The van der Waals surface area contributed by atoms with E-state index >= 15 is 0 Å². The molecule has 0 radical (unpaired) electrons. The summed E-state index contributed by atoms with van der Waals surface area (Å²) in [6.07, 6.45) is 23.3. The number of aryl methyl sites for hydroxylation is 1. The van der Waals surface area contributed by atoms with Crippen LogP contribution in [0.25, 0.3) is 22.1 Å². The molecule has 0 saturated carbocycles. The zero-order chi connectivity index (χ0) is 23.4. The summed E-state index contributed by atoms with van der Waals surface area (Å²) in [6.45, 7) is 4.55. The topological polar surface area (TPSA) is 35.6 Å². The highest BCUT2D eigenvalue weighted by molar-refractivity contribution is 7.09. The van der Waals surface area contributed by atoms with Gasteiger partial charge in [0.2, 0.25) is 0 Å². The van der Waals surface area contributed by atoms with Crippen molar-refractivity contribution in [2.75, 3.05) is 0 Å². The van der Waals surface area contributed by atoms with Crippen LogP contribution in [0.15, 0.2) is 34.2 Å². The second kappa shape index (κ2) is 14.0. The monoisotopic (exact) mass is 498 g/mol. The standard InChI is InChI=1S/C28H42N4S2/c1-2-3-4-5-8-11-14-24(17-32-23-30-26-19-34-21-28(26)32)15-12-9-6-7-10-13-16-31-22-29-25-18-33-20-27(25)31/h18-24H,2-17H2,1H3. The van der Waals surface area contributed by atoms with Crippen LogP contribution < -0.4 is 0 Å². The maximum atomic E-state index is 4.60. The molecule has 0 aliphatic heterocycles. The number of rotatable bonds is 18. The molecule has 0 aliphatic rings. The molecule has 1 atom stereocenters. The van der Waals surface area contributed by atoms with Crippen LogP contribution in [0.5, 0.6) is 0 Å². The average Bonchev–Trinajstić information content (AvgIpc) is 3.62. The van der Waals surface area contributed by atoms with Crippen LogP contribution >= 0.6 is 22.7 Å². The number of thiophene rings is 2. The minimum Gasteiger partial charge on any atom is -0.330 e. The molecule has 0 bridgehead atoms. The molecular formula is C28H42N4S2. The molecule has 4 aromatic heterocycles. The molecule has 1 unspecified atom stereocenters. The number of unbranched alkanes of at least 4 members (excludes halogenated alkanes) is 10. The predicted molar refractivity (Wildman–Crippen MR) is 149 cm³/mol. The van der Waals surface area contributed by atoms with Crippen LogP contribution in [-0.2, 0) is 13.1 Å². The van der Waals surface area contributed by atoms with Gasteiger partial charge >= 0.3 is 0 Å². The van der Waals surface area contributed by atoms with Crippen molar-refractivity contribution in [3.05, 3.63) is 34.2 Å². The molecule has 0 fully saturated rings. The lowest BCUT2D eigenvalue weighted by Gasteiger charge is -2.18. The third kappa shape index (κ3) is 7.42. The Morgan fingerprint density at radius 1 is 0.647 bits per heavy atom. The lowest BCUT2D eigenvalue weighted by atomic mass is 9.94. The Labute approximate surface area is 213 Å². The quantitative estimate of drug-likeness (QED) is 0.128. The van der Waals surface area contributed by atoms with Crippen molar-refractivity contribution >= 4 is 44.7 Å². The number of fused-ring (bicyclic) bond motifs is 2. The lowest BCUT2D eigenvalue weighted by molar-refractivity contribution is 0.360. The van der Waals surface area contributed by atoms with Crippen molar-refractivity contribution in [3.8, 4) is 0 Å². The Kier molecular flexibility index (Phi) is 10.5. The van der Waals surface area contributed by atoms with Crippen molar-refractivity contribution in [1.29, 1.82) is 0 Å². The van der Waals surface area contributed by atoms with E-state index in [9.17, 15) is 0 Å². The lowest BCUT2D eigenvalue weighted by Crippen LogP contribution is -2.10. The molecule has 6 heteroatoms. The molecule has 4 aromatic rings. The highest BCUT2D eigenvalue weighted by Crippen LogP contribution is 2.25. The maximum Gasteiger partial charge on any atom is 0.0991 e. The fourth-order valence-electron chi connectivity index (χ4n) is 5.14. The molecule has 0 N–H and O–H groups in total. The van der Waals surface area contributed by atoms with Gasteiger partial charge in [-0.25, -0.2) is 9.97 Å². The molecule has 4 heterocycles. The summed E-state index contributed by atoms with van der Waals surface area (Å²) in [5.41, 5.74) is 4.95. The Bertz CT molecular complexity index is 1070. The summed E-state index contributed by atoms with van der Waals surface area (Å²) >= 11 is 3.52. The van der Waals surface area contributed by atoms with Crippen molar-refractivity contribution in [1.82, 2.24) is 19.1 Å². The molecule has 34 heavy (non-hydrogen) atoms. The van der Waals surface area contributed by atoms with E-state index in [1.807, 2.05) is 6.33 Å². The first kappa shape index (κ1) is 25.4. The summed E-state index contributed by atoms with van der Waals surface area (Å²) in [5, 5.41) is 8.79. The summed E-state index contributed by atoms with van der Waals surface area (Å²) < 4.78 is 4.73. The van der Waals surface area contributed by atoms with E-state index in [1.165, 1.54) is 106 Å². The minimum atomic E-state index is 0.790. The van der Waals surface area contributed by atoms with Crippen molar-refractivity contribution in [3.63, 3.8) is 0 Å². The van der Waals surface area contributed by atoms with Crippen LogP contribution in [0.2, 0.25) is 0 Å². The Morgan fingerprint density at radius 2 is 1.18 bits per heavy atom. The molecule has 186 valence electrons. The van der Waals surface area contributed by atoms with E-state index in [4.69, 9.17) is 0 Å². The first-order valence-corrected chi connectivity index (χ1v) is 15.5. The minimum absolute atomic E-state index is 0.790.